The zero-order valence-corrected chi connectivity index (χ0v) is 13.9. The van der Waals surface area contributed by atoms with Gasteiger partial charge in [0, 0.05) is 18.0 Å². The van der Waals surface area contributed by atoms with Gasteiger partial charge in [-0.15, -0.1) is 11.3 Å². The van der Waals surface area contributed by atoms with E-state index >= 15 is 0 Å². The molecule has 2 heterocycles. The smallest absolute Gasteiger partial charge is 0.185 e. The fourth-order valence-electron chi connectivity index (χ4n) is 3.75. The standard InChI is InChI=1S/C16H27N3S/c1-4-16(5-2)9-10-19(11-16)15-18-14-12(17-3)7-6-8-13(14)20-15/h12,17H,4-11H2,1-3H3. The average Bonchev–Trinajstić information content (AvgIpc) is 3.11. The van der Waals surface area contributed by atoms with Crippen molar-refractivity contribution in [3.05, 3.63) is 10.6 Å². The molecule has 1 aromatic heterocycles. The maximum absolute atomic E-state index is 5.00. The summed E-state index contributed by atoms with van der Waals surface area (Å²) in [7, 11) is 2.06. The highest BCUT2D eigenvalue weighted by Gasteiger charge is 2.36. The molecule has 20 heavy (non-hydrogen) atoms. The van der Waals surface area contributed by atoms with Crippen LogP contribution in [-0.4, -0.2) is 25.1 Å². The third-order valence-corrected chi connectivity index (χ3v) is 6.69. The average molecular weight is 293 g/mol. The fourth-order valence-corrected chi connectivity index (χ4v) is 4.94. The van der Waals surface area contributed by atoms with Crippen molar-refractivity contribution in [2.24, 2.45) is 5.41 Å². The lowest BCUT2D eigenvalue weighted by atomic mass is 9.82. The molecule has 1 aromatic rings. The molecule has 112 valence electrons. The molecule has 1 saturated heterocycles. The van der Waals surface area contributed by atoms with E-state index in [0.717, 1.165) is 0 Å². The third-order valence-electron chi connectivity index (χ3n) is 5.50. The highest BCUT2D eigenvalue weighted by molar-refractivity contribution is 7.15. The topological polar surface area (TPSA) is 28.2 Å². The Balaban J connectivity index is 1.81. The molecule has 1 aliphatic heterocycles. The lowest BCUT2D eigenvalue weighted by Gasteiger charge is -2.26. The largest absolute Gasteiger partial charge is 0.348 e. The van der Waals surface area contributed by atoms with Crippen LogP contribution in [0.15, 0.2) is 0 Å². The summed E-state index contributed by atoms with van der Waals surface area (Å²) in [5.41, 5.74) is 1.87. The van der Waals surface area contributed by atoms with Crippen molar-refractivity contribution in [1.82, 2.24) is 10.3 Å². The molecule has 1 fully saturated rings. The molecule has 1 unspecified atom stereocenters. The number of aromatic nitrogens is 1. The van der Waals surface area contributed by atoms with E-state index in [0.29, 0.717) is 11.5 Å². The van der Waals surface area contributed by atoms with Crippen LogP contribution >= 0.6 is 11.3 Å². The number of aryl methyl sites for hydroxylation is 1. The van der Waals surface area contributed by atoms with Gasteiger partial charge in [0.05, 0.1) is 11.7 Å². The first kappa shape index (κ1) is 14.3. The number of fused-ring (bicyclic) bond motifs is 1. The van der Waals surface area contributed by atoms with Crippen LogP contribution in [0, 0.1) is 5.41 Å². The first-order chi connectivity index (χ1) is 9.71. The van der Waals surface area contributed by atoms with Gasteiger partial charge in [-0.25, -0.2) is 4.98 Å². The Morgan fingerprint density at radius 3 is 2.85 bits per heavy atom. The van der Waals surface area contributed by atoms with Crippen molar-refractivity contribution in [2.45, 2.75) is 58.4 Å². The third kappa shape index (κ3) is 2.37. The molecule has 1 aliphatic carbocycles. The Morgan fingerprint density at radius 2 is 2.20 bits per heavy atom. The fraction of sp³-hybridized carbons (Fsp3) is 0.812. The molecule has 3 nitrogen and oxygen atoms in total. The van der Waals surface area contributed by atoms with E-state index < -0.39 is 0 Å². The van der Waals surface area contributed by atoms with E-state index in [9.17, 15) is 0 Å². The van der Waals surface area contributed by atoms with Gasteiger partial charge in [0.25, 0.3) is 0 Å². The van der Waals surface area contributed by atoms with Crippen molar-refractivity contribution in [3.63, 3.8) is 0 Å². The molecule has 3 rings (SSSR count). The minimum Gasteiger partial charge on any atom is -0.348 e. The second-order valence-corrected chi connectivity index (χ2v) is 7.48. The number of nitrogens with zero attached hydrogens (tertiary/aromatic N) is 2. The van der Waals surface area contributed by atoms with E-state index in [1.54, 1.807) is 0 Å². The number of hydrogen-bond donors (Lipinski definition) is 1. The zero-order chi connectivity index (χ0) is 14.2. The molecule has 0 bridgehead atoms. The van der Waals surface area contributed by atoms with Gasteiger partial charge >= 0.3 is 0 Å². The molecule has 0 amide bonds. The summed E-state index contributed by atoms with van der Waals surface area (Å²) in [6.07, 6.45) is 7.69. The van der Waals surface area contributed by atoms with Crippen LogP contribution in [0.25, 0.3) is 0 Å². The zero-order valence-electron chi connectivity index (χ0n) is 13.0. The predicted molar refractivity (Wildman–Crippen MR) is 86.7 cm³/mol. The second kappa shape index (κ2) is 5.64. The van der Waals surface area contributed by atoms with Gasteiger partial charge in [0.2, 0.25) is 0 Å². The summed E-state index contributed by atoms with van der Waals surface area (Å²) in [5.74, 6) is 0. The summed E-state index contributed by atoms with van der Waals surface area (Å²) >= 11 is 1.95. The summed E-state index contributed by atoms with van der Waals surface area (Å²) in [6.45, 7) is 7.09. The molecule has 4 heteroatoms. The monoisotopic (exact) mass is 293 g/mol. The summed E-state index contributed by atoms with van der Waals surface area (Å²) < 4.78 is 0. The Morgan fingerprint density at radius 1 is 1.40 bits per heavy atom. The van der Waals surface area contributed by atoms with Crippen molar-refractivity contribution < 1.29 is 0 Å². The summed E-state index contributed by atoms with van der Waals surface area (Å²) in [4.78, 5) is 9.07. The van der Waals surface area contributed by atoms with Gasteiger partial charge < -0.3 is 10.2 Å². The van der Waals surface area contributed by atoms with Gasteiger partial charge in [-0.1, -0.05) is 13.8 Å². The highest BCUT2D eigenvalue weighted by Crippen LogP contribution is 2.42. The first-order valence-corrected chi connectivity index (χ1v) is 8.95. The van der Waals surface area contributed by atoms with Crippen LogP contribution < -0.4 is 10.2 Å². The number of thiazole rings is 1. The van der Waals surface area contributed by atoms with Gasteiger partial charge in [0.15, 0.2) is 5.13 Å². The molecule has 0 spiro atoms. The lowest BCUT2D eigenvalue weighted by Crippen LogP contribution is -2.26. The predicted octanol–water partition coefficient (Wildman–Crippen LogP) is 3.76. The number of nitrogens with one attached hydrogen (secondary N) is 1. The summed E-state index contributed by atoms with van der Waals surface area (Å²) in [5, 5.41) is 4.71. The van der Waals surface area contributed by atoms with Crippen LogP contribution in [-0.2, 0) is 6.42 Å². The number of hydrogen-bond acceptors (Lipinski definition) is 4. The highest BCUT2D eigenvalue weighted by atomic mass is 32.1. The normalized spacial score (nSPS) is 24.9. The number of anilines is 1. The van der Waals surface area contributed by atoms with Gasteiger partial charge in [-0.3, -0.25) is 0 Å². The Hall–Kier alpha value is -0.610. The molecule has 0 saturated carbocycles. The van der Waals surface area contributed by atoms with Crippen molar-refractivity contribution >= 4 is 16.5 Å². The molecule has 1 N–H and O–H groups in total. The molecular weight excluding hydrogens is 266 g/mol. The SMILES string of the molecule is CCC1(CC)CCN(c2nc3c(s2)CCCC3NC)C1. The molecule has 0 aromatic carbocycles. The first-order valence-electron chi connectivity index (χ1n) is 8.13. The maximum atomic E-state index is 5.00. The van der Waals surface area contributed by atoms with E-state index in [1.165, 1.54) is 67.3 Å². The van der Waals surface area contributed by atoms with Crippen LogP contribution in [0.5, 0.6) is 0 Å². The van der Waals surface area contributed by atoms with E-state index in [1.807, 2.05) is 11.3 Å². The molecule has 2 aliphatic rings. The van der Waals surface area contributed by atoms with E-state index in [-0.39, 0.29) is 0 Å². The Labute approximate surface area is 126 Å². The molecular formula is C16H27N3S. The van der Waals surface area contributed by atoms with Crippen LogP contribution in [0.3, 0.4) is 0 Å². The van der Waals surface area contributed by atoms with Crippen molar-refractivity contribution in [2.75, 3.05) is 25.0 Å². The maximum Gasteiger partial charge on any atom is 0.185 e. The van der Waals surface area contributed by atoms with Crippen LogP contribution in [0.2, 0.25) is 0 Å². The molecule has 1 atom stereocenters. The quantitative estimate of drug-likeness (QED) is 0.916. The van der Waals surface area contributed by atoms with Gasteiger partial charge in [0.1, 0.15) is 0 Å². The van der Waals surface area contributed by atoms with Crippen molar-refractivity contribution in [3.8, 4) is 0 Å². The van der Waals surface area contributed by atoms with Gasteiger partial charge in [-0.05, 0) is 51.0 Å². The Bertz CT molecular complexity index is 464. The minimum atomic E-state index is 0.480. The number of rotatable bonds is 4. The van der Waals surface area contributed by atoms with Crippen LogP contribution in [0.4, 0.5) is 5.13 Å². The molecule has 0 radical (unpaired) electrons. The Kier molecular flexibility index (Phi) is 4.04. The van der Waals surface area contributed by atoms with Gasteiger partial charge in [-0.2, -0.15) is 0 Å². The minimum absolute atomic E-state index is 0.480. The van der Waals surface area contributed by atoms with Crippen LogP contribution in [0.1, 0.15) is 62.6 Å². The van der Waals surface area contributed by atoms with Crippen molar-refractivity contribution in [1.29, 1.82) is 0 Å². The second-order valence-electron chi connectivity index (χ2n) is 6.42. The summed E-state index contributed by atoms with van der Waals surface area (Å²) in [6, 6.07) is 0.480. The van der Waals surface area contributed by atoms with E-state index in [2.05, 4.69) is 31.1 Å². The van der Waals surface area contributed by atoms with E-state index in [4.69, 9.17) is 4.98 Å². The lowest BCUT2D eigenvalue weighted by molar-refractivity contribution is 0.301.